The van der Waals surface area contributed by atoms with Crippen LogP contribution in [-0.4, -0.2) is 28.3 Å². The highest BCUT2D eigenvalue weighted by Gasteiger charge is 2.18. The van der Waals surface area contributed by atoms with Gasteiger partial charge in [0.05, 0.1) is 6.10 Å². The lowest BCUT2D eigenvalue weighted by Crippen LogP contribution is -2.35. The third-order valence-corrected chi connectivity index (χ3v) is 1.58. The van der Waals surface area contributed by atoms with Gasteiger partial charge in [-0.25, -0.2) is 0 Å². The van der Waals surface area contributed by atoms with E-state index in [4.69, 9.17) is 10.8 Å². The van der Waals surface area contributed by atoms with Crippen LogP contribution in [0.3, 0.4) is 0 Å². The van der Waals surface area contributed by atoms with Gasteiger partial charge < -0.3 is 15.9 Å². The van der Waals surface area contributed by atoms with Crippen molar-refractivity contribution in [3.63, 3.8) is 0 Å². The van der Waals surface area contributed by atoms with Crippen LogP contribution in [0.2, 0.25) is 0 Å². The van der Waals surface area contributed by atoms with E-state index in [-0.39, 0.29) is 12.3 Å². The van der Waals surface area contributed by atoms with Gasteiger partial charge in [0.1, 0.15) is 6.04 Å². The number of carbonyl (C=O) groups is 1. The van der Waals surface area contributed by atoms with Crippen LogP contribution in [0, 0.1) is 5.92 Å². The molecule has 0 heterocycles. The molecule has 14 heavy (non-hydrogen) atoms. The Morgan fingerprint density at radius 1 is 1.36 bits per heavy atom. The summed E-state index contributed by atoms with van der Waals surface area (Å²) in [5, 5.41) is 17.6. The molecule has 0 aromatic heterocycles. The number of hydrogen-bond acceptors (Lipinski definition) is 3. The Hall–Kier alpha value is -0.610. The Balaban J connectivity index is 0. The van der Waals surface area contributed by atoms with Crippen LogP contribution < -0.4 is 5.73 Å². The Bertz CT molecular complexity index is 148. The van der Waals surface area contributed by atoms with Crippen molar-refractivity contribution < 1.29 is 15.0 Å². The van der Waals surface area contributed by atoms with Crippen molar-refractivity contribution in [3.05, 3.63) is 0 Å². The summed E-state index contributed by atoms with van der Waals surface area (Å²) >= 11 is 0. The molecule has 86 valence electrons. The molecule has 0 amide bonds. The van der Waals surface area contributed by atoms with Gasteiger partial charge in [-0.15, -0.1) is 0 Å². The fraction of sp³-hybridized carbons (Fsp3) is 0.900. The summed E-state index contributed by atoms with van der Waals surface area (Å²) < 4.78 is 0. The third-order valence-electron chi connectivity index (χ3n) is 1.58. The molecule has 0 aliphatic carbocycles. The monoisotopic (exact) mass is 205 g/mol. The van der Waals surface area contributed by atoms with Crippen LogP contribution in [0.4, 0.5) is 0 Å². The number of aliphatic hydroxyl groups is 1. The van der Waals surface area contributed by atoms with Crippen LogP contribution in [0.15, 0.2) is 0 Å². The van der Waals surface area contributed by atoms with E-state index in [2.05, 4.69) is 13.8 Å². The quantitative estimate of drug-likeness (QED) is 0.644. The highest BCUT2D eigenvalue weighted by molar-refractivity contribution is 5.73. The number of carboxylic acids is 1. The van der Waals surface area contributed by atoms with E-state index in [0.717, 1.165) is 0 Å². The third kappa shape index (κ3) is 9.48. The van der Waals surface area contributed by atoms with Crippen LogP contribution in [0.5, 0.6) is 0 Å². The van der Waals surface area contributed by atoms with E-state index < -0.39 is 18.1 Å². The Labute approximate surface area is 86.1 Å². The van der Waals surface area contributed by atoms with Crippen molar-refractivity contribution in [1.82, 2.24) is 0 Å². The summed E-state index contributed by atoms with van der Waals surface area (Å²) in [5.74, 6) is -1.01. The van der Waals surface area contributed by atoms with Gasteiger partial charge in [-0.1, -0.05) is 34.1 Å². The van der Waals surface area contributed by atoms with Gasteiger partial charge in [0.2, 0.25) is 0 Å². The molecule has 0 spiro atoms. The van der Waals surface area contributed by atoms with E-state index in [9.17, 15) is 9.90 Å². The second-order valence-corrected chi connectivity index (χ2v) is 3.70. The smallest absolute Gasteiger partial charge is 0.320 e. The first-order chi connectivity index (χ1) is 6.36. The Morgan fingerprint density at radius 2 is 1.71 bits per heavy atom. The molecule has 0 aromatic carbocycles. The molecule has 0 fully saturated rings. The molecule has 4 nitrogen and oxygen atoms in total. The van der Waals surface area contributed by atoms with E-state index >= 15 is 0 Å². The molecule has 0 bridgehead atoms. The zero-order valence-electron chi connectivity index (χ0n) is 9.53. The van der Waals surface area contributed by atoms with Gasteiger partial charge in [-0.05, 0) is 12.3 Å². The van der Waals surface area contributed by atoms with E-state index in [1.807, 2.05) is 13.8 Å². The first-order valence-corrected chi connectivity index (χ1v) is 5.03. The van der Waals surface area contributed by atoms with Crippen molar-refractivity contribution in [2.24, 2.45) is 11.7 Å². The number of rotatable bonds is 4. The van der Waals surface area contributed by atoms with E-state index in [1.165, 1.54) is 6.42 Å². The molecule has 4 heteroatoms. The summed E-state index contributed by atoms with van der Waals surface area (Å²) in [7, 11) is 0. The molecule has 0 aromatic rings. The first-order valence-electron chi connectivity index (χ1n) is 5.03. The summed E-state index contributed by atoms with van der Waals surface area (Å²) in [6.45, 7) is 7.89. The fourth-order valence-corrected chi connectivity index (χ4v) is 0.633. The average Bonchev–Trinajstić information content (AvgIpc) is 2.05. The maximum absolute atomic E-state index is 10.2. The first kappa shape index (κ1) is 15.8. The normalized spacial score (nSPS) is 14.2. The van der Waals surface area contributed by atoms with Gasteiger partial charge in [-0.3, -0.25) is 4.79 Å². The zero-order chi connectivity index (χ0) is 11.7. The predicted molar refractivity (Wildman–Crippen MR) is 57.0 cm³/mol. The number of aliphatic hydroxyl groups excluding tert-OH is 1. The average molecular weight is 205 g/mol. The molecular formula is C10H23NO3. The largest absolute Gasteiger partial charge is 0.480 e. The van der Waals surface area contributed by atoms with Gasteiger partial charge in [-0.2, -0.15) is 0 Å². The minimum Gasteiger partial charge on any atom is -0.480 e. The zero-order valence-corrected chi connectivity index (χ0v) is 9.53. The number of hydrogen-bond donors (Lipinski definition) is 3. The second kappa shape index (κ2) is 8.97. The number of carboxylic acid groups (broad SMARTS) is 1. The lowest BCUT2D eigenvalue weighted by molar-refractivity contribution is -0.139. The fourth-order valence-electron chi connectivity index (χ4n) is 0.633. The lowest BCUT2D eigenvalue weighted by Gasteiger charge is -2.16. The van der Waals surface area contributed by atoms with Gasteiger partial charge in [0, 0.05) is 0 Å². The van der Waals surface area contributed by atoms with Crippen LogP contribution >= 0.6 is 0 Å². The Kier molecular flexibility index (Phi) is 10.1. The molecule has 0 saturated carbocycles. The van der Waals surface area contributed by atoms with Crippen molar-refractivity contribution >= 4 is 5.97 Å². The van der Waals surface area contributed by atoms with Crippen molar-refractivity contribution in [2.75, 3.05) is 0 Å². The molecule has 4 N–H and O–H groups in total. The minimum absolute atomic E-state index is 0.0559. The molecule has 0 saturated heterocycles. The minimum atomic E-state index is -1.07. The maximum Gasteiger partial charge on any atom is 0.320 e. The number of aliphatic carboxylic acids is 1. The summed E-state index contributed by atoms with van der Waals surface area (Å²) in [6, 6.07) is -0.951. The molecule has 2 atom stereocenters. The molecule has 0 aliphatic heterocycles. The Morgan fingerprint density at radius 3 is 1.93 bits per heavy atom. The van der Waals surface area contributed by atoms with E-state index in [0.29, 0.717) is 0 Å². The standard InChI is InChI=1S/C7H15NO3.C3H8/c1-4(2)6(9)3-5(8)7(10)11;1-3-2/h4-6,9H,3,8H2,1-2H3,(H,10,11);3H2,1-2H3. The SMILES string of the molecule is CC(C)C(O)CC(N)C(=O)O.CCC. The molecule has 2 unspecified atom stereocenters. The topological polar surface area (TPSA) is 83.5 Å². The predicted octanol–water partition coefficient (Wildman–Crippen LogP) is 1.22. The van der Waals surface area contributed by atoms with Crippen LogP contribution in [-0.2, 0) is 4.79 Å². The molecular weight excluding hydrogens is 182 g/mol. The van der Waals surface area contributed by atoms with Crippen molar-refractivity contribution in [2.45, 2.75) is 52.7 Å². The van der Waals surface area contributed by atoms with Gasteiger partial charge in [0.15, 0.2) is 0 Å². The second-order valence-electron chi connectivity index (χ2n) is 3.70. The molecule has 0 rings (SSSR count). The number of nitrogens with two attached hydrogens (primary N) is 1. The van der Waals surface area contributed by atoms with Crippen LogP contribution in [0.1, 0.15) is 40.5 Å². The van der Waals surface area contributed by atoms with Crippen molar-refractivity contribution in [1.29, 1.82) is 0 Å². The molecule has 0 aliphatic rings. The summed E-state index contributed by atoms with van der Waals surface area (Å²) in [6.07, 6.45) is 0.744. The maximum atomic E-state index is 10.2. The highest BCUT2D eigenvalue weighted by atomic mass is 16.4. The summed E-state index contributed by atoms with van der Waals surface area (Å²) in [5.41, 5.74) is 5.20. The molecule has 0 radical (unpaired) electrons. The van der Waals surface area contributed by atoms with Crippen molar-refractivity contribution in [3.8, 4) is 0 Å². The van der Waals surface area contributed by atoms with E-state index in [1.54, 1.807) is 0 Å². The summed E-state index contributed by atoms with van der Waals surface area (Å²) in [4.78, 5) is 10.2. The highest BCUT2D eigenvalue weighted by Crippen LogP contribution is 2.06. The lowest BCUT2D eigenvalue weighted by atomic mass is 10.0. The van der Waals surface area contributed by atoms with Gasteiger partial charge >= 0.3 is 5.97 Å². The van der Waals surface area contributed by atoms with Gasteiger partial charge in [0.25, 0.3) is 0 Å². The van der Waals surface area contributed by atoms with Crippen LogP contribution in [0.25, 0.3) is 0 Å².